The van der Waals surface area contributed by atoms with Crippen LogP contribution in [0.5, 0.6) is 0 Å². The van der Waals surface area contributed by atoms with Crippen molar-refractivity contribution in [1.82, 2.24) is 14.7 Å². The van der Waals surface area contributed by atoms with E-state index < -0.39 is 5.91 Å². The van der Waals surface area contributed by atoms with Crippen LogP contribution in [0.1, 0.15) is 30.1 Å². The highest BCUT2D eigenvalue weighted by molar-refractivity contribution is 6.42. The second kappa shape index (κ2) is 12.0. The molecule has 0 spiro atoms. The van der Waals surface area contributed by atoms with Gasteiger partial charge in [-0.15, -0.1) is 0 Å². The van der Waals surface area contributed by atoms with E-state index in [2.05, 4.69) is 10.4 Å². The molecule has 0 aliphatic rings. The summed E-state index contributed by atoms with van der Waals surface area (Å²) in [6.07, 6.45) is 1.58. The molecular weight excluding hydrogens is 514 g/mol. The standard InChI is InChI=1S/C28H25Cl2FN4O2/c1-2-3-15-34(28(37)20-9-14-23(29)24(30)16-20)18-27(36)32-26-17-25(19-7-5-4-6-8-19)33-35(26)22-12-10-21(31)11-13-22/h4-14,16-17H,2-3,15,18H2,1H3,(H,32,36). The summed E-state index contributed by atoms with van der Waals surface area (Å²) >= 11 is 12.1. The van der Waals surface area contributed by atoms with Gasteiger partial charge in [-0.2, -0.15) is 5.10 Å². The number of aromatic nitrogens is 2. The molecule has 2 amide bonds. The second-order valence-electron chi connectivity index (χ2n) is 8.43. The van der Waals surface area contributed by atoms with Crippen molar-refractivity contribution in [3.05, 3.63) is 100 Å². The highest BCUT2D eigenvalue weighted by atomic mass is 35.5. The summed E-state index contributed by atoms with van der Waals surface area (Å²) in [6, 6.07) is 21.7. The van der Waals surface area contributed by atoms with Crippen molar-refractivity contribution in [1.29, 1.82) is 0 Å². The maximum atomic E-state index is 13.5. The van der Waals surface area contributed by atoms with Gasteiger partial charge in [0.1, 0.15) is 18.2 Å². The molecule has 37 heavy (non-hydrogen) atoms. The van der Waals surface area contributed by atoms with Crippen LogP contribution in [0.2, 0.25) is 10.0 Å². The number of halogens is 3. The first-order valence-corrected chi connectivity index (χ1v) is 12.6. The number of carbonyl (C=O) groups excluding carboxylic acids is 2. The number of unbranched alkanes of at least 4 members (excludes halogenated alkanes) is 1. The Morgan fingerprint density at radius 1 is 0.973 bits per heavy atom. The molecule has 0 radical (unpaired) electrons. The zero-order valence-electron chi connectivity index (χ0n) is 20.1. The molecule has 1 heterocycles. The number of carbonyl (C=O) groups is 2. The molecule has 9 heteroatoms. The Balaban J connectivity index is 1.60. The number of hydrogen-bond acceptors (Lipinski definition) is 3. The molecule has 6 nitrogen and oxygen atoms in total. The normalized spacial score (nSPS) is 10.8. The van der Waals surface area contributed by atoms with Crippen LogP contribution in [0.4, 0.5) is 10.2 Å². The minimum Gasteiger partial charge on any atom is -0.329 e. The molecule has 0 fully saturated rings. The first kappa shape index (κ1) is 26.4. The summed E-state index contributed by atoms with van der Waals surface area (Å²) in [7, 11) is 0. The lowest BCUT2D eigenvalue weighted by atomic mass is 10.1. The minimum atomic E-state index is -0.396. The van der Waals surface area contributed by atoms with Gasteiger partial charge >= 0.3 is 0 Å². The maximum absolute atomic E-state index is 13.5. The van der Waals surface area contributed by atoms with Crippen LogP contribution < -0.4 is 5.32 Å². The lowest BCUT2D eigenvalue weighted by Crippen LogP contribution is -2.39. The molecule has 0 saturated carbocycles. The average Bonchev–Trinajstić information content (AvgIpc) is 3.32. The van der Waals surface area contributed by atoms with E-state index in [9.17, 15) is 14.0 Å². The number of benzene rings is 3. The molecule has 0 atom stereocenters. The van der Waals surface area contributed by atoms with E-state index in [0.29, 0.717) is 34.3 Å². The molecule has 4 rings (SSSR count). The van der Waals surface area contributed by atoms with Gasteiger partial charge in [0.25, 0.3) is 5.91 Å². The van der Waals surface area contributed by atoms with Crippen molar-refractivity contribution in [2.75, 3.05) is 18.4 Å². The Kier molecular flexibility index (Phi) is 8.58. The van der Waals surface area contributed by atoms with E-state index in [0.717, 1.165) is 18.4 Å². The summed E-state index contributed by atoms with van der Waals surface area (Å²) < 4.78 is 15.1. The van der Waals surface area contributed by atoms with Gasteiger partial charge in [-0.3, -0.25) is 9.59 Å². The van der Waals surface area contributed by atoms with Gasteiger partial charge in [-0.05, 0) is 48.9 Å². The average molecular weight is 539 g/mol. The number of nitrogens with one attached hydrogen (secondary N) is 1. The third-order valence-corrected chi connectivity index (χ3v) is 6.43. The largest absolute Gasteiger partial charge is 0.329 e. The SMILES string of the molecule is CCCCN(CC(=O)Nc1cc(-c2ccccc2)nn1-c1ccc(F)cc1)C(=O)c1ccc(Cl)c(Cl)c1. The van der Waals surface area contributed by atoms with Gasteiger partial charge in [-0.25, -0.2) is 9.07 Å². The van der Waals surface area contributed by atoms with Crippen molar-refractivity contribution < 1.29 is 14.0 Å². The van der Waals surface area contributed by atoms with E-state index in [-0.39, 0.29) is 23.3 Å². The van der Waals surface area contributed by atoms with Gasteiger partial charge in [0.15, 0.2) is 0 Å². The summed E-state index contributed by atoms with van der Waals surface area (Å²) in [5.74, 6) is -0.698. The molecule has 3 aromatic carbocycles. The molecule has 0 bridgehead atoms. The summed E-state index contributed by atoms with van der Waals surface area (Å²) in [5, 5.41) is 8.12. The topological polar surface area (TPSA) is 67.2 Å². The van der Waals surface area contributed by atoms with E-state index in [1.54, 1.807) is 30.3 Å². The van der Waals surface area contributed by atoms with Gasteiger partial charge in [0.2, 0.25) is 5.91 Å². The monoisotopic (exact) mass is 538 g/mol. The first-order valence-electron chi connectivity index (χ1n) is 11.8. The molecule has 1 aromatic heterocycles. The minimum absolute atomic E-state index is 0.172. The lowest BCUT2D eigenvalue weighted by molar-refractivity contribution is -0.116. The fourth-order valence-corrected chi connectivity index (χ4v) is 4.07. The van der Waals surface area contributed by atoms with E-state index in [4.69, 9.17) is 23.2 Å². The number of amides is 2. The number of rotatable bonds is 9. The van der Waals surface area contributed by atoms with Crippen LogP contribution in [0, 0.1) is 5.82 Å². The van der Waals surface area contributed by atoms with Gasteiger partial charge in [0.05, 0.1) is 21.4 Å². The molecule has 0 saturated heterocycles. The number of nitrogens with zero attached hydrogens (tertiary/aromatic N) is 3. The van der Waals surface area contributed by atoms with Crippen LogP contribution in [0.3, 0.4) is 0 Å². The van der Waals surface area contributed by atoms with Gasteiger partial charge in [-0.1, -0.05) is 66.9 Å². The number of hydrogen-bond donors (Lipinski definition) is 1. The molecule has 1 N–H and O–H groups in total. The smallest absolute Gasteiger partial charge is 0.254 e. The van der Waals surface area contributed by atoms with Crippen molar-refractivity contribution in [3.8, 4) is 16.9 Å². The van der Waals surface area contributed by atoms with Crippen molar-refractivity contribution >= 4 is 40.8 Å². The number of anilines is 1. The van der Waals surface area contributed by atoms with Gasteiger partial charge in [0, 0.05) is 23.7 Å². The van der Waals surface area contributed by atoms with Crippen LogP contribution in [-0.4, -0.2) is 39.6 Å². The highest BCUT2D eigenvalue weighted by Gasteiger charge is 2.21. The zero-order chi connectivity index (χ0) is 26.4. The van der Waals surface area contributed by atoms with Crippen molar-refractivity contribution in [3.63, 3.8) is 0 Å². The Hall–Kier alpha value is -3.68. The predicted molar refractivity (Wildman–Crippen MR) is 145 cm³/mol. The molecule has 0 unspecified atom stereocenters. The zero-order valence-corrected chi connectivity index (χ0v) is 21.6. The van der Waals surface area contributed by atoms with Gasteiger partial charge < -0.3 is 10.2 Å². The van der Waals surface area contributed by atoms with Crippen LogP contribution in [0.15, 0.2) is 78.9 Å². The molecule has 4 aromatic rings. The van der Waals surface area contributed by atoms with Crippen LogP contribution in [0.25, 0.3) is 16.9 Å². The van der Waals surface area contributed by atoms with E-state index in [1.165, 1.54) is 27.8 Å². The molecule has 0 aliphatic heterocycles. The molecular formula is C28H25Cl2FN4O2. The summed E-state index contributed by atoms with van der Waals surface area (Å²) in [6.45, 7) is 2.23. The fourth-order valence-electron chi connectivity index (χ4n) is 3.77. The third kappa shape index (κ3) is 6.56. The summed E-state index contributed by atoms with van der Waals surface area (Å²) in [5.41, 5.74) is 2.42. The Labute approximate surface area is 224 Å². The van der Waals surface area contributed by atoms with E-state index >= 15 is 0 Å². The second-order valence-corrected chi connectivity index (χ2v) is 9.24. The lowest BCUT2D eigenvalue weighted by Gasteiger charge is -2.22. The van der Waals surface area contributed by atoms with Crippen LogP contribution >= 0.6 is 23.2 Å². The van der Waals surface area contributed by atoms with E-state index in [1.807, 2.05) is 37.3 Å². The van der Waals surface area contributed by atoms with Crippen LogP contribution in [-0.2, 0) is 4.79 Å². The Morgan fingerprint density at radius 3 is 2.38 bits per heavy atom. The predicted octanol–water partition coefficient (Wildman–Crippen LogP) is 6.87. The Bertz CT molecular complexity index is 1390. The van der Waals surface area contributed by atoms with Crippen molar-refractivity contribution in [2.24, 2.45) is 0 Å². The molecule has 0 aliphatic carbocycles. The fraction of sp³-hybridized carbons (Fsp3) is 0.179. The quantitative estimate of drug-likeness (QED) is 0.253. The van der Waals surface area contributed by atoms with Crippen molar-refractivity contribution in [2.45, 2.75) is 19.8 Å². The molecule has 190 valence electrons. The highest BCUT2D eigenvalue weighted by Crippen LogP contribution is 2.26. The summed E-state index contributed by atoms with van der Waals surface area (Å²) in [4.78, 5) is 27.9. The maximum Gasteiger partial charge on any atom is 0.254 e. The first-order chi connectivity index (χ1) is 17.9. The Morgan fingerprint density at radius 2 is 1.70 bits per heavy atom. The third-order valence-electron chi connectivity index (χ3n) is 5.69.